The summed E-state index contributed by atoms with van der Waals surface area (Å²) in [6.45, 7) is 5.41. The van der Waals surface area contributed by atoms with Gasteiger partial charge in [0, 0.05) is 24.7 Å². The van der Waals surface area contributed by atoms with Crippen LogP contribution in [0.2, 0.25) is 0 Å². The van der Waals surface area contributed by atoms with Crippen LogP contribution in [0.25, 0.3) is 0 Å². The van der Waals surface area contributed by atoms with Gasteiger partial charge in [-0.05, 0) is 39.4 Å². The number of nitrogens with one attached hydrogen (secondary N) is 1. The van der Waals surface area contributed by atoms with Crippen LogP contribution in [0.15, 0.2) is 18.2 Å². The zero-order valence-electron chi connectivity index (χ0n) is 12.1. The van der Waals surface area contributed by atoms with Gasteiger partial charge < -0.3 is 10.1 Å². The summed E-state index contributed by atoms with van der Waals surface area (Å²) in [4.78, 5) is 2.56. The van der Waals surface area contributed by atoms with Crippen LogP contribution in [-0.2, 0) is 6.54 Å². The number of hydrogen-bond acceptors (Lipinski definition) is 3. The number of ether oxygens (including phenoxy) is 1. The number of nitrogens with zero attached hydrogens (tertiary/aromatic N) is 1. The fourth-order valence-corrected chi connectivity index (χ4v) is 2.82. The minimum atomic E-state index is 0. The Bertz CT molecular complexity index is 398. The Morgan fingerprint density at radius 2 is 2.21 bits per heavy atom. The van der Waals surface area contributed by atoms with E-state index in [9.17, 15) is 0 Å². The van der Waals surface area contributed by atoms with E-state index >= 15 is 0 Å². The van der Waals surface area contributed by atoms with Crippen molar-refractivity contribution in [3.05, 3.63) is 29.3 Å². The van der Waals surface area contributed by atoms with Crippen molar-refractivity contribution in [3.8, 4) is 5.75 Å². The van der Waals surface area contributed by atoms with Crippen molar-refractivity contribution in [3.63, 3.8) is 0 Å². The summed E-state index contributed by atoms with van der Waals surface area (Å²) in [5.41, 5.74) is 2.61. The smallest absolute Gasteiger partial charge is 0.123 e. The Morgan fingerprint density at radius 3 is 2.89 bits per heavy atom. The van der Waals surface area contributed by atoms with Crippen LogP contribution >= 0.6 is 12.4 Å². The fraction of sp³-hybridized carbons (Fsp3) is 0.600. The second kappa shape index (κ2) is 7.73. The van der Waals surface area contributed by atoms with Gasteiger partial charge in [0.1, 0.15) is 5.75 Å². The molecular weight excluding hydrogens is 260 g/mol. The number of rotatable bonds is 5. The molecule has 0 aliphatic carbocycles. The summed E-state index contributed by atoms with van der Waals surface area (Å²) in [6, 6.07) is 7.10. The average Bonchev–Trinajstić information content (AvgIpc) is 2.78. The Balaban J connectivity index is 0.00000180. The standard InChI is InChI=1S/C15H24N2O.ClH/c1-12-6-7-15(18-3)13(9-12)11-17-8-4-5-14(17)10-16-2;/h6-7,9,14,16H,4-5,8,10-11H2,1-3H3;1H. The molecule has 0 saturated carbocycles. The Labute approximate surface area is 122 Å². The Morgan fingerprint density at radius 1 is 1.42 bits per heavy atom. The predicted octanol–water partition coefficient (Wildman–Crippen LogP) is 2.61. The molecule has 108 valence electrons. The maximum absolute atomic E-state index is 5.46. The molecule has 19 heavy (non-hydrogen) atoms. The fourth-order valence-electron chi connectivity index (χ4n) is 2.82. The van der Waals surface area contributed by atoms with Gasteiger partial charge in [-0.2, -0.15) is 0 Å². The van der Waals surface area contributed by atoms with Gasteiger partial charge in [0.2, 0.25) is 0 Å². The first-order valence-corrected chi connectivity index (χ1v) is 6.76. The molecule has 0 amide bonds. The molecule has 1 atom stereocenters. The van der Waals surface area contributed by atoms with Gasteiger partial charge in [0.05, 0.1) is 7.11 Å². The van der Waals surface area contributed by atoms with E-state index in [1.165, 1.54) is 30.5 Å². The first kappa shape index (κ1) is 16.3. The number of likely N-dealkylation sites (tertiary alicyclic amines) is 1. The molecule has 4 heteroatoms. The molecule has 1 aliphatic rings. The zero-order chi connectivity index (χ0) is 13.0. The molecule has 2 rings (SSSR count). The summed E-state index contributed by atoms with van der Waals surface area (Å²) in [5.74, 6) is 1.01. The summed E-state index contributed by atoms with van der Waals surface area (Å²) in [5, 5.41) is 3.29. The van der Waals surface area contributed by atoms with Crippen molar-refractivity contribution in [1.29, 1.82) is 0 Å². The predicted molar refractivity (Wildman–Crippen MR) is 82.3 cm³/mol. The largest absolute Gasteiger partial charge is 0.496 e. The molecule has 0 radical (unpaired) electrons. The summed E-state index contributed by atoms with van der Waals surface area (Å²) in [6.07, 6.45) is 2.61. The second-order valence-electron chi connectivity index (χ2n) is 5.14. The van der Waals surface area contributed by atoms with Gasteiger partial charge in [0.25, 0.3) is 0 Å². The lowest BCUT2D eigenvalue weighted by Crippen LogP contribution is -2.36. The molecule has 0 spiro atoms. The van der Waals surface area contributed by atoms with Crippen LogP contribution in [-0.4, -0.2) is 38.2 Å². The van der Waals surface area contributed by atoms with Crippen LogP contribution in [0.4, 0.5) is 0 Å². The number of likely N-dealkylation sites (N-methyl/N-ethyl adjacent to an activating group) is 1. The zero-order valence-corrected chi connectivity index (χ0v) is 12.9. The summed E-state index contributed by atoms with van der Waals surface area (Å²) < 4.78 is 5.46. The minimum Gasteiger partial charge on any atom is -0.496 e. The van der Waals surface area contributed by atoms with E-state index in [0.717, 1.165) is 18.8 Å². The molecule has 1 unspecified atom stereocenters. The van der Waals surface area contributed by atoms with Gasteiger partial charge in [-0.3, -0.25) is 4.90 Å². The van der Waals surface area contributed by atoms with Crippen LogP contribution in [0, 0.1) is 6.92 Å². The van der Waals surface area contributed by atoms with Gasteiger partial charge in [-0.1, -0.05) is 17.7 Å². The van der Waals surface area contributed by atoms with Crippen molar-refractivity contribution in [2.45, 2.75) is 32.4 Å². The lowest BCUT2D eigenvalue weighted by molar-refractivity contribution is 0.238. The van der Waals surface area contributed by atoms with Crippen molar-refractivity contribution in [2.75, 3.05) is 27.2 Å². The van der Waals surface area contributed by atoms with Crippen molar-refractivity contribution < 1.29 is 4.74 Å². The maximum Gasteiger partial charge on any atom is 0.123 e. The monoisotopic (exact) mass is 284 g/mol. The minimum absolute atomic E-state index is 0. The van der Waals surface area contributed by atoms with Gasteiger partial charge in [-0.25, -0.2) is 0 Å². The van der Waals surface area contributed by atoms with Crippen LogP contribution in [0.3, 0.4) is 0 Å². The molecule has 3 nitrogen and oxygen atoms in total. The highest BCUT2D eigenvalue weighted by molar-refractivity contribution is 5.85. The van der Waals surface area contributed by atoms with Gasteiger partial charge in [-0.15, -0.1) is 12.4 Å². The highest BCUT2D eigenvalue weighted by Crippen LogP contribution is 2.25. The van der Waals surface area contributed by atoms with E-state index < -0.39 is 0 Å². The second-order valence-corrected chi connectivity index (χ2v) is 5.14. The summed E-state index contributed by atoms with van der Waals surface area (Å²) in [7, 11) is 3.78. The lowest BCUT2D eigenvalue weighted by atomic mass is 10.1. The molecular formula is C15H25ClN2O. The van der Waals surface area contributed by atoms with E-state index in [4.69, 9.17) is 4.74 Å². The van der Waals surface area contributed by atoms with Gasteiger partial charge in [0.15, 0.2) is 0 Å². The lowest BCUT2D eigenvalue weighted by Gasteiger charge is -2.25. The molecule has 1 heterocycles. The van der Waals surface area contributed by atoms with Crippen LogP contribution in [0.1, 0.15) is 24.0 Å². The molecule has 1 aromatic carbocycles. The van der Waals surface area contributed by atoms with E-state index in [2.05, 4.69) is 35.3 Å². The number of benzene rings is 1. The van der Waals surface area contributed by atoms with Crippen molar-refractivity contribution in [2.24, 2.45) is 0 Å². The third-order valence-electron chi connectivity index (χ3n) is 3.75. The Kier molecular flexibility index (Phi) is 6.63. The molecule has 1 N–H and O–H groups in total. The molecule has 1 aromatic rings. The van der Waals surface area contributed by atoms with Gasteiger partial charge >= 0.3 is 0 Å². The first-order valence-electron chi connectivity index (χ1n) is 6.76. The molecule has 0 bridgehead atoms. The van der Waals surface area contributed by atoms with E-state index in [0.29, 0.717) is 6.04 Å². The average molecular weight is 285 g/mol. The highest BCUT2D eigenvalue weighted by Gasteiger charge is 2.24. The number of aryl methyl sites for hydroxylation is 1. The maximum atomic E-state index is 5.46. The number of halogens is 1. The normalized spacial score (nSPS) is 19.2. The van der Waals surface area contributed by atoms with Crippen molar-refractivity contribution >= 4 is 12.4 Å². The van der Waals surface area contributed by atoms with E-state index in [-0.39, 0.29) is 12.4 Å². The van der Waals surface area contributed by atoms with E-state index in [1.807, 2.05) is 7.05 Å². The quantitative estimate of drug-likeness (QED) is 0.900. The molecule has 1 fully saturated rings. The highest BCUT2D eigenvalue weighted by atomic mass is 35.5. The van der Waals surface area contributed by atoms with Crippen LogP contribution < -0.4 is 10.1 Å². The SMILES string of the molecule is CNCC1CCCN1Cc1cc(C)ccc1OC.Cl. The Hall–Kier alpha value is -0.770. The molecule has 1 aliphatic heterocycles. The third-order valence-corrected chi connectivity index (χ3v) is 3.75. The molecule has 0 aromatic heterocycles. The summed E-state index contributed by atoms with van der Waals surface area (Å²) >= 11 is 0. The number of hydrogen-bond donors (Lipinski definition) is 1. The third kappa shape index (κ3) is 4.10. The molecule has 1 saturated heterocycles. The van der Waals surface area contributed by atoms with Crippen LogP contribution in [0.5, 0.6) is 5.75 Å². The van der Waals surface area contributed by atoms with Crippen molar-refractivity contribution in [1.82, 2.24) is 10.2 Å². The number of methoxy groups -OCH3 is 1. The van der Waals surface area contributed by atoms with E-state index in [1.54, 1.807) is 7.11 Å². The topological polar surface area (TPSA) is 24.5 Å². The first-order chi connectivity index (χ1) is 8.74.